The summed E-state index contributed by atoms with van der Waals surface area (Å²) in [5, 5.41) is 61.8. The standard InChI is InChI=1S/C23H43N5O12/c24-4-11-15(32)16(33)13(28)22(36-11)39-19-12(6-30)37-23(17(19)34)40-20-14(31)9(26)3-10(27)18(20)38-21-8(25)2-1-7(5-29)35-21/h1,8-23,29-34H,2-6,24-28H2. The van der Waals surface area contributed by atoms with Crippen molar-refractivity contribution in [2.45, 2.75) is 111 Å². The second-order valence-corrected chi connectivity index (χ2v) is 10.6. The van der Waals surface area contributed by atoms with Gasteiger partial charge in [0.2, 0.25) is 6.29 Å². The maximum absolute atomic E-state index is 11.1. The second-order valence-electron chi connectivity index (χ2n) is 10.6. The van der Waals surface area contributed by atoms with Crippen molar-refractivity contribution in [3.8, 4) is 0 Å². The largest absolute Gasteiger partial charge is 0.465 e. The molecule has 232 valence electrons. The molecule has 17 nitrogen and oxygen atoms in total. The van der Waals surface area contributed by atoms with Gasteiger partial charge < -0.3 is 87.7 Å². The zero-order chi connectivity index (χ0) is 29.3. The van der Waals surface area contributed by atoms with Gasteiger partial charge in [0, 0.05) is 18.6 Å². The van der Waals surface area contributed by atoms with Crippen LogP contribution >= 0.6 is 0 Å². The van der Waals surface area contributed by atoms with Crippen LogP contribution in [0.2, 0.25) is 0 Å². The third-order valence-corrected chi connectivity index (χ3v) is 7.78. The molecule has 2 saturated heterocycles. The Bertz CT molecular complexity index is 859. The fourth-order valence-electron chi connectivity index (χ4n) is 5.37. The second kappa shape index (κ2) is 13.5. The highest BCUT2D eigenvalue weighted by atomic mass is 16.8. The molecular formula is C23H43N5O12. The molecule has 0 aromatic rings. The lowest BCUT2D eigenvalue weighted by Gasteiger charge is -2.45. The molecule has 16 atom stereocenters. The number of rotatable bonds is 9. The Morgan fingerprint density at radius 3 is 2.02 bits per heavy atom. The first kappa shape index (κ1) is 31.8. The number of hydrogen-bond acceptors (Lipinski definition) is 17. The van der Waals surface area contributed by atoms with Crippen molar-refractivity contribution < 1.29 is 59.1 Å². The zero-order valence-electron chi connectivity index (χ0n) is 21.9. The van der Waals surface area contributed by atoms with Gasteiger partial charge in [0.1, 0.15) is 61.2 Å². The van der Waals surface area contributed by atoms with Crippen LogP contribution in [0.15, 0.2) is 11.8 Å². The maximum Gasteiger partial charge on any atom is 0.215 e. The first-order valence-electron chi connectivity index (χ1n) is 13.3. The molecular weight excluding hydrogens is 538 g/mol. The minimum absolute atomic E-state index is 0.144. The van der Waals surface area contributed by atoms with Gasteiger partial charge in [-0.2, -0.15) is 0 Å². The van der Waals surface area contributed by atoms with E-state index in [-0.39, 0.29) is 25.3 Å². The van der Waals surface area contributed by atoms with E-state index >= 15 is 0 Å². The van der Waals surface area contributed by atoms with Crippen molar-refractivity contribution in [3.63, 3.8) is 0 Å². The minimum atomic E-state index is -1.55. The van der Waals surface area contributed by atoms with E-state index in [9.17, 15) is 30.6 Å². The molecule has 0 aromatic heterocycles. The van der Waals surface area contributed by atoms with Gasteiger partial charge in [0.05, 0.1) is 24.8 Å². The molecule has 0 amide bonds. The van der Waals surface area contributed by atoms with Crippen molar-refractivity contribution >= 4 is 0 Å². The summed E-state index contributed by atoms with van der Waals surface area (Å²) < 4.78 is 34.7. The Hall–Kier alpha value is -1.10. The van der Waals surface area contributed by atoms with E-state index in [0.29, 0.717) is 6.42 Å². The topological polar surface area (TPSA) is 307 Å². The number of aliphatic hydroxyl groups excluding tert-OH is 6. The summed E-state index contributed by atoms with van der Waals surface area (Å²) in [6.07, 6.45) is -12.9. The van der Waals surface area contributed by atoms with Crippen LogP contribution in [-0.4, -0.2) is 148 Å². The SMILES string of the molecule is NCC1OC(OC2C(CO)OC(OC3C(O)C(N)CC(N)C3OC3OC(CO)=CCC3N)C2O)C(N)C(O)C1O. The van der Waals surface area contributed by atoms with Crippen molar-refractivity contribution in [1.82, 2.24) is 0 Å². The molecule has 40 heavy (non-hydrogen) atoms. The molecule has 4 rings (SSSR count). The molecule has 0 bridgehead atoms. The first-order chi connectivity index (χ1) is 19.0. The molecule has 0 aromatic carbocycles. The lowest BCUT2D eigenvalue weighted by Crippen LogP contribution is -2.65. The lowest BCUT2D eigenvalue weighted by molar-refractivity contribution is -0.282. The molecule has 1 saturated carbocycles. The number of ether oxygens (including phenoxy) is 6. The molecule has 17 heteroatoms. The summed E-state index contributed by atoms with van der Waals surface area (Å²) >= 11 is 0. The summed E-state index contributed by atoms with van der Waals surface area (Å²) in [4.78, 5) is 0. The number of hydrogen-bond donors (Lipinski definition) is 11. The summed E-state index contributed by atoms with van der Waals surface area (Å²) in [6, 6.07) is -3.36. The van der Waals surface area contributed by atoms with E-state index in [4.69, 9.17) is 57.1 Å². The zero-order valence-corrected chi connectivity index (χ0v) is 21.9. The van der Waals surface area contributed by atoms with Gasteiger partial charge in [-0.1, -0.05) is 0 Å². The predicted molar refractivity (Wildman–Crippen MR) is 133 cm³/mol. The fourth-order valence-corrected chi connectivity index (χ4v) is 5.37. The van der Waals surface area contributed by atoms with Crippen LogP contribution < -0.4 is 28.7 Å². The van der Waals surface area contributed by atoms with Gasteiger partial charge in [-0.15, -0.1) is 0 Å². The smallest absolute Gasteiger partial charge is 0.215 e. The van der Waals surface area contributed by atoms with Gasteiger partial charge in [-0.25, -0.2) is 0 Å². The molecule has 0 radical (unpaired) electrons. The van der Waals surface area contributed by atoms with E-state index < -0.39 is 105 Å². The predicted octanol–water partition coefficient (Wildman–Crippen LogP) is -6.68. The lowest BCUT2D eigenvalue weighted by atomic mass is 9.84. The fraction of sp³-hybridized carbons (Fsp3) is 0.913. The van der Waals surface area contributed by atoms with Crippen LogP contribution in [0.4, 0.5) is 0 Å². The molecule has 0 spiro atoms. The van der Waals surface area contributed by atoms with E-state index in [1.165, 1.54) is 0 Å². The quantitative estimate of drug-likeness (QED) is 0.120. The summed E-state index contributed by atoms with van der Waals surface area (Å²) in [7, 11) is 0. The summed E-state index contributed by atoms with van der Waals surface area (Å²) in [5.74, 6) is 0.267. The molecule has 4 aliphatic rings. The van der Waals surface area contributed by atoms with Gasteiger partial charge in [0.15, 0.2) is 12.6 Å². The van der Waals surface area contributed by atoms with Gasteiger partial charge >= 0.3 is 0 Å². The molecule has 16 unspecified atom stereocenters. The monoisotopic (exact) mass is 581 g/mol. The molecule has 3 fully saturated rings. The maximum atomic E-state index is 11.1. The van der Waals surface area contributed by atoms with E-state index in [0.717, 1.165) is 0 Å². The minimum Gasteiger partial charge on any atom is -0.465 e. The van der Waals surface area contributed by atoms with Crippen molar-refractivity contribution in [1.29, 1.82) is 0 Å². The van der Waals surface area contributed by atoms with E-state index in [2.05, 4.69) is 0 Å². The Morgan fingerprint density at radius 2 is 1.38 bits per heavy atom. The highest BCUT2D eigenvalue weighted by Gasteiger charge is 2.53. The molecule has 1 aliphatic carbocycles. The van der Waals surface area contributed by atoms with Crippen LogP contribution in [0, 0.1) is 0 Å². The summed E-state index contributed by atoms with van der Waals surface area (Å²) in [5.41, 5.74) is 30.1. The van der Waals surface area contributed by atoms with E-state index in [1.54, 1.807) is 6.08 Å². The third kappa shape index (κ3) is 6.45. The van der Waals surface area contributed by atoms with Crippen molar-refractivity contribution in [3.05, 3.63) is 11.8 Å². The van der Waals surface area contributed by atoms with Crippen LogP contribution in [0.1, 0.15) is 12.8 Å². The number of nitrogens with two attached hydrogens (primary N) is 5. The highest BCUT2D eigenvalue weighted by Crippen LogP contribution is 2.34. The average Bonchev–Trinajstić information content (AvgIpc) is 3.23. The van der Waals surface area contributed by atoms with Crippen LogP contribution in [-0.2, 0) is 28.4 Å². The Labute approximate surface area is 230 Å². The highest BCUT2D eigenvalue weighted by molar-refractivity contribution is 5.04. The van der Waals surface area contributed by atoms with Crippen molar-refractivity contribution in [2.24, 2.45) is 28.7 Å². The summed E-state index contributed by atoms with van der Waals surface area (Å²) in [6.45, 7) is -1.11. The molecule has 16 N–H and O–H groups in total. The Kier molecular flexibility index (Phi) is 10.7. The van der Waals surface area contributed by atoms with Crippen LogP contribution in [0.5, 0.6) is 0 Å². The normalized spacial score (nSPS) is 49.9. The number of aliphatic hydroxyl groups is 6. The average molecular weight is 582 g/mol. The molecule has 3 heterocycles. The van der Waals surface area contributed by atoms with Crippen molar-refractivity contribution in [2.75, 3.05) is 19.8 Å². The third-order valence-electron chi connectivity index (χ3n) is 7.78. The van der Waals surface area contributed by atoms with Gasteiger partial charge in [0.25, 0.3) is 0 Å². The Morgan fingerprint density at radius 1 is 0.725 bits per heavy atom. The van der Waals surface area contributed by atoms with Gasteiger partial charge in [-0.05, 0) is 18.9 Å². The van der Waals surface area contributed by atoms with Crippen LogP contribution in [0.25, 0.3) is 0 Å². The first-order valence-corrected chi connectivity index (χ1v) is 13.3. The Balaban J connectivity index is 1.48. The molecule has 3 aliphatic heterocycles. The van der Waals surface area contributed by atoms with E-state index in [1.807, 2.05) is 0 Å². The van der Waals surface area contributed by atoms with Gasteiger partial charge in [-0.3, -0.25) is 0 Å². The van der Waals surface area contributed by atoms with Crippen LogP contribution in [0.3, 0.4) is 0 Å².